The van der Waals surface area contributed by atoms with Crippen LogP contribution in [0.3, 0.4) is 0 Å². The minimum absolute atomic E-state index is 0.0145. The van der Waals surface area contributed by atoms with Gasteiger partial charge < -0.3 is 24.8 Å². The van der Waals surface area contributed by atoms with Crippen LogP contribution in [0, 0.1) is 0 Å². The molecule has 17 nitrogen and oxygen atoms in total. The van der Waals surface area contributed by atoms with Gasteiger partial charge >= 0.3 is 5.69 Å². The van der Waals surface area contributed by atoms with Gasteiger partial charge in [0.05, 0.1) is 48.2 Å². The molecule has 5 aliphatic heterocycles. The number of hydrogen-bond donors (Lipinski definition) is 2. The molecule has 10 rings (SSSR count). The summed E-state index contributed by atoms with van der Waals surface area (Å²) in [6, 6.07) is 8.63. The van der Waals surface area contributed by atoms with Crippen molar-refractivity contribution in [2.45, 2.75) is 83.0 Å². The Morgan fingerprint density at radius 2 is 1.80 bits per heavy atom. The maximum atomic E-state index is 14.8. The summed E-state index contributed by atoms with van der Waals surface area (Å²) in [4.78, 5) is 59.6. The molecule has 5 aromatic rings. The molecule has 5 aliphatic rings. The van der Waals surface area contributed by atoms with E-state index in [2.05, 4.69) is 35.1 Å². The summed E-state index contributed by atoms with van der Waals surface area (Å²) in [5, 5.41) is 15.5. The molecule has 3 saturated heterocycles. The first-order valence-electron chi connectivity index (χ1n) is 23.3. The average molecular weight is 909 g/mol. The fourth-order valence-corrected chi connectivity index (χ4v) is 10.9. The van der Waals surface area contributed by atoms with E-state index >= 15 is 0 Å². The van der Waals surface area contributed by atoms with Crippen LogP contribution in [-0.4, -0.2) is 133 Å². The quantitative estimate of drug-likeness (QED) is 0.182. The number of carbonyl (C=O) groups is 3. The van der Waals surface area contributed by atoms with E-state index in [0.717, 1.165) is 99.0 Å². The highest BCUT2D eigenvalue weighted by Crippen LogP contribution is 2.44. The van der Waals surface area contributed by atoms with Crippen molar-refractivity contribution in [1.29, 1.82) is 0 Å². The monoisotopic (exact) mass is 908 g/mol. The second-order valence-electron chi connectivity index (χ2n) is 18.5. The Hall–Kier alpha value is -5.92. The SMILES string of the molecule is CC(=O)N1CCc2c(c(N3CCCc4cc(-c5cnn(C)c5)c(C(F)F)cc43)nn2C2CCN(CCN3CCOC(CNc4cccc5c4n(C)c(=O)n5C4CCC(=O)NC4=O)C3)CC2)C1. The second-order valence-corrected chi connectivity index (χ2v) is 18.5. The summed E-state index contributed by atoms with van der Waals surface area (Å²) in [6.45, 7) is 9.77. The van der Waals surface area contributed by atoms with Crippen LogP contribution in [0.15, 0.2) is 47.5 Å². The fraction of sp³-hybridized carbons (Fsp3) is 0.532. The number of alkyl halides is 2. The van der Waals surface area contributed by atoms with Crippen molar-refractivity contribution in [3.05, 3.63) is 75.6 Å². The van der Waals surface area contributed by atoms with Gasteiger partial charge in [-0.1, -0.05) is 6.07 Å². The third-order valence-electron chi connectivity index (χ3n) is 14.4. The maximum absolute atomic E-state index is 14.8. The Kier molecular flexibility index (Phi) is 12.0. The van der Waals surface area contributed by atoms with E-state index in [1.807, 2.05) is 29.2 Å². The molecule has 2 aromatic carbocycles. The number of fused-ring (bicyclic) bond motifs is 3. The highest BCUT2D eigenvalue weighted by Gasteiger charge is 2.36. The van der Waals surface area contributed by atoms with Crippen molar-refractivity contribution in [3.63, 3.8) is 0 Å². The minimum Gasteiger partial charge on any atom is -0.381 e. The number of morpholine rings is 1. The summed E-state index contributed by atoms with van der Waals surface area (Å²) in [6.07, 6.45) is 5.32. The van der Waals surface area contributed by atoms with Gasteiger partial charge in [-0.15, -0.1) is 0 Å². The maximum Gasteiger partial charge on any atom is 0.329 e. The number of aryl methyl sites for hydroxylation is 3. The van der Waals surface area contributed by atoms with Crippen molar-refractivity contribution in [2.75, 3.05) is 75.7 Å². The van der Waals surface area contributed by atoms with Crippen LogP contribution < -0.4 is 21.2 Å². The van der Waals surface area contributed by atoms with E-state index < -0.39 is 18.4 Å². The van der Waals surface area contributed by atoms with Crippen LogP contribution in [0.4, 0.5) is 26.0 Å². The summed E-state index contributed by atoms with van der Waals surface area (Å²) in [5.74, 6) is 0.00776. The second kappa shape index (κ2) is 18.0. The normalized spacial score (nSPS) is 21.1. The summed E-state index contributed by atoms with van der Waals surface area (Å²) < 4.78 is 42.6. The van der Waals surface area contributed by atoms with E-state index in [1.54, 1.807) is 48.7 Å². The first-order chi connectivity index (χ1) is 31.9. The number of para-hydroxylation sites is 1. The zero-order valence-corrected chi connectivity index (χ0v) is 37.8. The zero-order chi connectivity index (χ0) is 45.8. The van der Waals surface area contributed by atoms with Gasteiger partial charge in [0.1, 0.15) is 6.04 Å². The number of amides is 3. The predicted octanol–water partition coefficient (Wildman–Crippen LogP) is 4.29. The van der Waals surface area contributed by atoms with Crippen molar-refractivity contribution in [1.82, 2.24) is 48.7 Å². The number of hydrogen-bond acceptors (Lipinski definition) is 11. The number of anilines is 3. The Morgan fingerprint density at radius 1 is 0.985 bits per heavy atom. The molecule has 2 unspecified atom stereocenters. The van der Waals surface area contributed by atoms with E-state index in [0.29, 0.717) is 61.4 Å². The number of rotatable bonds is 11. The van der Waals surface area contributed by atoms with Gasteiger partial charge in [0.25, 0.3) is 6.43 Å². The standard InChI is InChI=1S/C47H58F2N12O5/c1-29(62)58-17-13-38-36(28-58)45(59-14-5-6-30-22-34(31-24-51-54(2)26-31)35(44(48)49)23-41(30)59)53-61(38)32-11-15-56(16-12-32)18-19-57-20-21-66-33(27-57)25-50-37-7-4-8-39-43(37)55(3)47(65)60(39)40-9-10-42(63)52-46(40)64/h4,7-8,22-24,26,32-33,40,44,50H,5-6,9-21,25,27-28H2,1-3H3,(H,52,63,64). The Labute approximate surface area is 381 Å². The Bertz CT molecular complexity index is 2730. The van der Waals surface area contributed by atoms with E-state index in [9.17, 15) is 28.0 Å². The van der Waals surface area contributed by atoms with E-state index in [4.69, 9.17) is 9.84 Å². The molecule has 0 spiro atoms. The number of carbonyl (C=O) groups excluding carboxylic acids is 3. The lowest BCUT2D eigenvalue weighted by atomic mass is 9.92. The number of likely N-dealkylation sites (tertiary alicyclic amines) is 1. The molecule has 2 N–H and O–H groups in total. The molecule has 3 amide bonds. The van der Waals surface area contributed by atoms with Gasteiger partial charge in [0.2, 0.25) is 17.7 Å². The van der Waals surface area contributed by atoms with Crippen LogP contribution in [-0.2, 0) is 52.6 Å². The molecule has 350 valence electrons. The van der Waals surface area contributed by atoms with Gasteiger partial charge in [0.15, 0.2) is 5.82 Å². The molecule has 0 aliphatic carbocycles. The number of ether oxygens (including phenoxy) is 1. The minimum atomic E-state index is -2.67. The van der Waals surface area contributed by atoms with Crippen molar-refractivity contribution in [3.8, 4) is 11.1 Å². The lowest BCUT2D eigenvalue weighted by Gasteiger charge is -2.37. The third-order valence-corrected chi connectivity index (χ3v) is 14.4. The summed E-state index contributed by atoms with van der Waals surface area (Å²) in [5.41, 5.74) is 6.90. The molecule has 2 atom stereocenters. The number of imidazole rings is 1. The van der Waals surface area contributed by atoms with E-state index in [-0.39, 0.29) is 48.1 Å². The smallest absolute Gasteiger partial charge is 0.329 e. The molecule has 0 saturated carbocycles. The van der Waals surface area contributed by atoms with Crippen LogP contribution >= 0.6 is 0 Å². The van der Waals surface area contributed by atoms with Crippen LogP contribution in [0.5, 0.6) is 0 Å². The lowest BCUT2D eigenvalue weighted by Crippen LogP contribution is -2.48. The van der Waals surface area contributed by atoms with Crippen molar-refractivity contribution in [2.24, 2.45) is 14.1 Å². The molecule has 8 heterocycles. The number of nitrogens with one attached hydrogen (secondary N) is 2. The lowest BCUT2D eigenvalue weighted by molar-refractivity contribution is -0.135. The molecule has 3 aromatic heterocycles. The number of halogens is 2. The number of nitrogens with zero attached hydrogens (tertiary/aromatic N) is 10. The van der Waals surface area contributed by atoms with Gasteiger partial charge in [-0.25, -0.2) is 13.6 Å². The first kappa shape index (κ1) is 43.9. The summed E-state index contributed by atoms with van der Waals surface area (Å²) in [7, 11) is 3.49. The van der Waals surface area contributed by atoms with Crippen molar-refractivity contribution >= 4 is 45.9 Å². The topological polar surface area (TPSA) is 160 Å². The van der Waals surface area contributed by atoms with Gasteiger partial charge in [-0.3, -0.25) is 43.1 Å². The van der Waals surface area contributed by atoms with E-state index in [1.165, 1.54) is 4.57 Å². The third kappa shape index (κ3) is 8.29. The van der Waals surface area contributed by atoms with Crippen LogP contribution in [0.2, 0.25) is 0 Å². The molecule has 19 heteroatoms. The molecule has 0 bridgehead atoms. The Balaban J connectivity index is 0.791. The van der Waals surface area contributed by atoms with Crippen LogP contribution in [0.25, 0.3) is 22.2 Å². The van der Waals surface area contributed by atoms with Gasteiger partial charge in [-0.2, -0.15) is 10.2 Å². The highest BCUT2D eigenvalue weighted by molar-refractivity contribution is 6.00. The van der Waals surface area contributed by atoms with Crippen molar-refractivity contribution < 1.29 is 27.9 Å². The summed E-state index contributed by atoms with van der Waals surface area (Å²) >= 11 is 0. The number of piperidine rings is 2. The Morgan fingerprint density at radius 3 is 2.56 bits per heavy atom. The fourth-order valence-electron chi connectivity index (χ4n) is 10.9. The first-order valence-corrected chi connectivity index (χ1v) is 23.3. The number of imide groups is 1. The number of benzene rings is 2. The largest absolute Gasteiger partial charge is 0.381 e. The predicted molar refractivity (Wildman–Crippen MR) is 244 cm³/mol. The molecular weight excluding hydrogens is 851 g/mol. The molecule has 3 fully saturated rings. The zero-order valence-electron chi connectivity index (χ0n) is 37.8. The van der Waals surface area contributed by atoms with Gasteiger partial charge in [0, 0.05) is 127 Å². The van der Waals surface area contributed by atoms with Gasteiger partial charge in [-0.05, 0) is 67.5 Å². The average Bonchev–Trinajstić information content (AvgIpc) is 4.00. The molecule has 0 radical (unpaired) electrons. The van der Waals surface area contributed by atoms with Crippen LogP contribution in [0.1, 0.15) is 79.9 Å². The molecular formula is C47H58F2N12O5. The number of aromatic nitrogens is 6. The highest BCUT2D eigenvalue weighted by atomic mass is 19.3. The molecule has 66 heavy (non-hydrogen) atoms.